The van der Waals surface area contributed by atoms with Gasteiger partial charge in [-0.3, -0.25) is 9.78 Å². The van der Waals surface area contributed by atoms with Crippen LogP contribution >= 0.6 is 0 Å². The largest absolute Gasteiger partial charge is 0.373 e. The quantitative estimate of drug-likeness (QED) is 0.775. The number of hydrogen-bond donors (Lipinski definition) is 0. The van der Waals surface area contributed by atoms with E-state index in [9.17, 15) is 4.79 Å². The number of ether oxygens (including phenoxy) is 1. The number of rotatable bonds is 1. The molecule has 2 aliphatic heterocycles. The van der Waals surface area contributed by atoms with Gasteiger partial charge in [-0.15, -0.1) is 0 Å². The molecule has 1 aromatic heterocycles. The van der Waals surface area contributed by atoms with Crippen molar-refractivity contribution in [3.8, 4) is 0 Å². The molecule has 3 heterocycles. The third kappa shape index (κ3) is 1.70. The smallest absolute Gasteiger partial charge is 0.256 e. The summed E-state index contributed by atoms with van der Waals surface area (Å²) in [4.78, 5) is 18.7. The van der Waals surface area contributed by atoms with E-state index in [0.717, 1.165) is 30.5 Å². The summed E-state index contributed by atoms with van der Waals surface area (Å²) in [7, 11) is 0. The Morgan fingerprint density at radius 2 is 2.21 bits per heavy atom. The molecule has 0 radical (unpaired) electrons. The van der Waals surface area contributed by atoms with Crippen molar-refractivity contribution in [3.05, 3.63) is 29.6 Å². The number of pyridine rings is 1. The topological polar surface area (TPSA) is 42.4 Å². The van der Waals surface area contributed by atoms with Crippen LogP contribution in [0.4, 0.5) is 0 Å². The lowest BCUT2D eigenvalue weighted by Crippen LogP contribution is -2.37. The van der Waals surface area contributed by atoms with Gasteiger partial charge in [-0.1, -0.05) is 12.8 Å². The van der Waals surface area contributed by atoms with Gasteiger partial charge >= 0.3 is 0 Å². The van der Waals surface area contributed by atoms with E-state index in [-0.39, 0.29) is 17.6 Å². The monoisotopic (exact) mass is 258 g/mol. The van der Waals surface area contributed by atoms with Crippen molar-refractivity contribution in [1.82, 2.24) is 9.88 Å². The van der Waals surface area contributed by atoms with Gasteiger partial charge in [-0.2, -0.15) is 0 Å². The van der Waals surface area contributed by atoms with E-state index in [1.807, 2.05) is 17.0 Å². The third-order valence-electron chi connectivity index (χ3n) is 4.85. The van der Waals surface area contributed by atoms with E-state index in [2.05, 4.69) is 4.98 Å². The lowest BCUT2D eigenvalue weighted by atomic mass is 9.96. The van der Waals surface area contributed by atoms with Gasteiger partial charge in [0, 0.05) is 6.20 Å². The molecular weight excluding hydrogens is 240 g/mol. The third-order valence-corrected chi connectivity index (χ3v) is 4.85. The van der Waals surface area contributed by atoms with Crippen LogP contribution in [0.25, 0.3) is 0 Å². The van der Waals surface area contributed by atoms with E-state index in [1.165, 1.54) is 12.8 Å². The Morgan fingerprint density at radius 3 is 3.00 bits per heavy atom. The first kappa shape index (κ1) is 11.4. The van der Waals surface area contributed by atoms with Crippen molar-refractivity contribution < 1.29 is 9.53 Å². The van der Waals surface area contributed by atoms with Crippen LogP contribution in [0.2, 0.25) is 0 Å². The second-order valence-electron chi connectivity index (χ2n) is 5.99. The Hall–Kier alpha value is -1.42. The molecule has 1 aliphatic carbocycles. The number of aromatic nitrogens is 1. The molecule has 3 aliphatic rings. The van der Waals surface area contributed by atoms with Crippen molar-refractivity contribution in [2.45, 2.75) is 50.3 Å². The molecule has 100 valence electrons. The number of nitrogens with zero attached hydrogens (tertiary/aromatic N) is 2. The highest BCUT2D eigenvalue weighted by Crippen LogP contribution is 2.43. The fraction of sp³-hybridized carbons (Fsp3) is 0.600. The zero-order valence-corrected chi connectivity index (χ0v) is 11.0. The normalized spacial score (nSPS) is 28.3. The molecule has 1 saturated heterocycles. The maximum Gasteiger partial charge on any atom is 0.256 e. The number of fused-ring (bicyclic) bond motifs is 1. The van der Waals surface area contributed by atoms with Gasteiger partial charge in [-0.25, -0.2) is 0 Å². The standard InChI is InChI=1S/C15H18N2O2/c18-14-12-4-3-7-16-13(12)9-17(14)11-8-15(19-10-11)5-1-2-6-15/h3-4,7,11H,1-2,5-6,8-10H2. The van der Waals surface area contributed by atoms with Gasteiger partial charge in [0.25, 0.3) is 5.91 Å². The Kier molecular flexibility index (Phi) is 2.42. The molecular formula is C15H18N2O2. The zero-order valence-electron chi connectivity index (χ0n) is 11.0. The molecule has 0 bridgehead atoms. The van der Waals surface area contributed by atoms with Crippen molar-refractivity contribution in [2.75, 3.05) is 6.61 Å². The Balaban J connectivity index is 1.55. The summed E-state index contributed by atoms with van der Waals surface area (Å²) >= 11 is 0. The number of hydrogen-bond acceptors (Lipinski definition) is 3. The minimum atomic E-state index is 0.0765. The molecule has 1 aromatic rings. The second kappa shape index (κ2) is 4.04. The summed E-state index contributed by atoms with van der Waals surface area (Å²) in [5.74, 6) is 0.131. The minimum absolute atomic E-state index is 0.0765. The van der Waals surface area contributed by atoms with Gasteiger partial charge in [0.1, 0.15) is 0 Å². The van der Waals surface area contributed by atoms with Crippen LogP contribution in [-0.2, 0) is 11.3 Å². The predicted molar refractivity (Wildman–Crippen MR) is 69.7 cm³/mol. The summed E-state index contributed by atoms with van der Waals surface area (Å²) < 4.78 is 6.06. The Morgan fingerprint density at radius 1 is 1.37 bits per heavy atom. The fourth-order valence-corrected chi connectivity index (χ4v) is 3.83. The molecule has 1 unspecified atom stereocenters. The second-order valence-corrected chi connectivity index (χ2v) is 5.99. The summed E-state index contributed by atoms with van der Waals surface area (Å²) in [5.41, 5.74) is 1.77. The zero-order chi connectivity index (χ0) is 12.9. The molecule has 19 heavy (non-hydrogen) atoms. The van der Waals surface area contributed by atoms with E-state index in [0.29, 0.717) is 13.2 Å². The summed E-state index contributed by atoms with van der Waals surface area (Å²) in [6, 6.07) is 3.95. The summed E-state index contributed by atoms with van der Waals surface area (Å²) in [6.45, 7) is 1.35. The van der Waals surface area contributed by atoms with Crippen LogP contribution in [0, 0.1) is 0 Å². The summed E-state index contributed by atoms with van der Waals surface area (Å²) in [6.07, 6.45) is 7.63. The van der Waals surface area contributed by atoms with Crippen molar-refractivity contribution in [3.63, 3.8) is 0 Å². The first-order valence-corrected chi connectivity index (χ1v) is 7.16. The molecule has 2 fully saturated rings. The highest BCUT2D eigenvalue weighted by atomic mass is 16.5. The minimum Gasteiger partial charge on any atom is -0.373 e. The average molecular weight is 258 g/mol. The van der Waals surface area contributed by atoms with Gasteiger partial charge in [0.05, 0.1) is 36.1 Å². The number of carbonyl (C=O) groups excluding carboxylic acids is 1. The van der Waals surface area contributed by atoms with Gasteiger partial charge in [0.2, 0.25) is 0 Å². The number of carbonyl (C=O) groups is 1. The lowest BCUT2D eigenvalue weighted by molar-refractivity contribution is 0.00827. The first-order chi connectivity index (χ1) is 9.27. The highest BCUT2D eigenvalue weighted by molar-refractivity contribution is 5.97. The van der Waals surface area contributed by atoms with E-state index >= 15 is 0 Å². The molecule has 4 nitrogen and oxygen atoms in total. The van der Waals surface area contributed by atoms with Crippen LogP contribution < -0.4 is 0 Å². The fourth-order valence-electron chi connectivity index (χ4n) is 3.83. The van der Waals surface area contributed by atoms with Crippen LogP contribution in [0.5, 0.6) is 0 Å². The first-order valence-electron chi connectivity index (χ1n) is 7.16. The Bertz CT molecular complexity index is 523. The van der Waals surface area contributed by atoms with Crippen molar-refractivity contribution in [2.24, 2.45) is 0 Å². The van der Waals surface area contributed by atoms with Crippen LogP contribution in [-0.4, -0.2) is 34.0 Å². The molecule has 1 spiro atoms. The van der Waals surface area contributed by atoms with E-state index in [4.69, 9.17) is 4.74 Å². The highest BCUT2D eigenvalue weighted by Gasteiger charge is 2.46. The maximum absolute atomic E-state index is 12.4. The molecule has 1 atom stereocenters. The predicted octanol–water partition coefficient (Wildman–Crippen LogP) is 2.14. The van der Waals surface area contributed by atoms with Gasteiger partial charge in [-0.05, 0) is 31.4 Å². The maximum atomic E-state index is 12.4. The number of amides is 1. The molecule has 1 amide bonds. The Labute approximate surface area is 112 Å². The molecule has 0 N–H and O–H groups in total. The van der Waals surface area contributed by atoms with Crippen LogP contribution in [0.3, 0.4) is 0 Å². The van der Waals surface area contributed by atoms with E-state index < -0.39 is 0 Å². The molecule has 4 heteroatoms. The molecule has 0 aromatic carbocycles. The molecule has 1 saturated carbocycles. The lowest BCUT2D eigenvalue weighted by Gasteiger charge is -2.25. The summed E-state index contributed by atoms with van der Waals surface area (Å²) in [5, 5.41) is 0. The van der Waals surface area contributed by atoms with Gasteiger partial charge < -0.3 is 9.64 Å². The SMILES string of the molecule is O=C1c2cccnc2CN1C1COC2(CCCC2)C1. The van der Waals surface area contributed by atoms with Crippen LogP contribution in [0.15, 0.2) is 18.3 Å². The average Bonchev–Trinajstić information content (AvgIpc) is 3.13. The van der Waals surface area contributed by atoms with E-state index in [1.54, 1.807) is 6.20 Å². The van der Waals surface area contributed by atoms with Gasteiger partial charge in [0.15, 0.2) is 0 Å². The van der Waals surface area contributed by atoms with Crippen molar-refractivity contribution >= 4 is 5.91 Å². The van der Waals surface area contributed by atoms with Crippen molar-refractivity contribution in [1.29, 1.82) is 0 Å². The van der Waals surface area contributed by atoms with Crippen LogP contribution in [0.1, 0.15) is 48.2 Å². The molecule has 4 rings (SSSR count).